The molecular formula is C14H23N3O4. The minimum absolute atomic E-state index is 0.120. The van der Waals surface area contributed by atoms with Crippen LogP contribution in [-0.4, -0.2) is 58.5 Å². The number of aromatic nitrogens is 2. The van der Waals surface area contributed by atoms with Crippen molar-refractivity contribution in [1.82, 2.24) is 14.7 Å². The van der Waals surface area contributed by atoms with E-state index < -0.39 is 5.97 Å². The largest absolute Gasteiger partial charge is 0.480 e. The molecule has 21 heavy (non-hydrogen) atoms. The van der Waals surface area contributed by atoms with E-state index in [0.29, 0.717) is 6.61 Å². The summed E-state index contributed by atoms with van der Waals surface area (Å²) in [5, 5.41) is 13.2. The van der Waals surface area contributed by atoms with Crippen LogP contribution in [0.25, 0.3) is 0 Å². The van der Waals surface area contributed by atoms with Gasteiger partial charge in [0.15, 0.2) is 0 Å². The summed E-state index contributed by atoms with van der Waals surface area (Å²) in [6, 6.07) is 1.83. The molecule has 1 aromatic rings. The summed E-state index contributed by atoms with van der Waals surface area (Å²) in [4.78, 5) is 24.4. The Bertz CT molecular complexity index is 498. The fourth-order valence-electron chi connectivity index (χ4n) is 2.22. The zero-order valence-corrected chi connectivity index (χ0v) is 13.0. The summed E-state index contributed by atoms with van der Waals surface area (Å²) >= 11 is 0. The molecule has 118 valence electrons. The van der Waals surface area contributed by atoms with Crippen LogP contribution in [0, 0.1) is 13.8 Å². The second kappa shape index (κ2) is 7.78. The second-order valence-electron chi connectivity index (χ2n) is 5.13. The Kier molecular flexibility index (Phi) is 6.36. The van der Waals surface area contributed by atoms with Gasteiger partial charge in [-0.2, -0.15) is 5.10 Å². The minimum atomic E-state index is -1.03. The van der Waals surface area contributed by atoms with Crippen LogP contribution >= 0.6 is 0 Å². The van der Waals surface area contributed by atoms with E-state index in [-0.39, 0.29) is 31.5 Å². The van der Waals surface area contributed by atoms with Crippen LogP contribution in [0.1, 0.15) is 30.8 Å². The van der Waals surface area contributed by atoms with Gasteiger partial charge in [0.1, 0.15) is 6.54 Å². The molecule has 1 unspecified atom stereocenters. The molecule has 0 radical (unpaired) electrons. The number of methoxy groups -OCH3 is 1. The predicted molar refractivity (Wildman–Crippen MR) is 77.1 cm³/mol. The van der Waals surface area contributed by atoms with Crippen LogP contribution in [0.5, 0.6) is 0 Å². The Morgan fingerprint density at radius 3 is 2.62 bits per heavy atom. The number of amides is 1. The molecule has 0 aromatic carbocycles. The number of carboxylic acids is 1. The molecule has 1 aromatic heterocycles. The van der Waals surface area contributed by atoms with Gasteiger partial charge in [-0.3, -0.25) is 14.3 Å². The zero-order valence-electron chi connectivity index (χ0n) is 13.0. The number of rotatable bonds is 8. The van der Waals surface area contributed by atoms with Gasteiger partial charge in [0.05, 0.1) is 18.3 Å². The molecule has 0 spiro atoms. The van der Waals surface area contributed by atoms with Crippen molar-refractivity contribution in [3.63, 3.8) is 0 Å². The maximum absolute atomic E-state index is 12.3. The van der Waals surface area contributed by atoms with Gasteiger partial charge in [0.2, 0.25) is 5.91 Å². The van der Waals surface area contributed by atoms with Gasteiger partial charge in [-0.25, -0.2) is 0 Å². The normalized spacial score (nSPS) is 12.2. The van der Waals surface area contributed by atoms with E-state index in [2.05, 4.69) is 5.10 Å². The molecule has 0 saturated carbocycles. The fraction of sp³-hybridized carbons (Fsp3) is 0.643. The highest BCUT2D eigenvalue weighted by atomic mass is 16.5. The van der Waals surface area contributed by atoms with Crippen molar-refractivity contribution < 1.29 is 19.4 Å². The number of carboxylic acid groups (broad SMARTS) is 1. The molecule has 0 aliphatic carbocycles. The molecule has 0 fully saturated rings. The lowest BCUT2D eigenvalue weighted by molar-refractivity contribution is -0.145. The first-order valence-corrected chi connectivity index (χ1v) is 6.86. The highest BCUT2D eigenvalue weighted by molar-refractivity contribution is 5.81. The Morgan fingerprint density at radius 1 is 1.48 bits per heavy atom. The second-order valence-corrected chi connectivity index (χ2v) is 5.13. The topological polar surface area (TPSA) is 84.7 Å². The number of nitrogens with zero attached hydrogens (tertiary/aromatic N) is 3. The molecular weight excluding hydrogens is 274 g/mol. The standard InChI is InChI=1S/C14H23N3O4/c1-10-7-11(2)17(15-10)12(3)8-13(18)16(5-6-21-4)9-14(19)20/h7,12H,5-6,8-9H2,1-4H3,(H,19,20). The minimum Gasteiger partial charge on any atom is -0.480 e. The molecule has 1 rings (SSSR count). The number of carbonyl (C=O) groups is 2. The quantitative estimate of drug-likeness (QED) is 0.774. The SMILES string of the molecule is COCCN(CC(=O)O)C(=O)CC(C)n1nc(C)cc1C. The molecule has 7 nitrogen and oxygen atoms in total. The van der Waals surface area contributed by atoms with Crippen molar-refractivity contribution in [2.45, 2.75) is 33.2 Å². The highest BCUT2D eigenvalue weighted by Crippen LogP contribution is 2.15. The van der Waals surface area contributed by atoms with Crippen molar-refractivity contribution in [2.24, 2.45) is 0 Å². The third-order valence-electron chi connectivity index (χ3n) is 3.18. The van der Waals surface area contributed by atoms with Crippen LogP contribution in [0.4, 0.5) is 0 Å². The lowest BCUT2D eigenvalue weighted by Gasteiger charge is -2.22. The van der Waals surface area contributed by atoms with Crippen molar-refractivity contribution in [1.29, 1.82) is 0 Å². The van der Waals surface area contributed by atoms with Gasteiger partial charge in [-0.05, 0) is 26.8 Å². The van der Waals surface area contributed by atoms with E-state index in [1.54, 1.807) is 4.68 Å². The van der Waals surface area contributed by atoms with Gasteiger partial charge in [-0.15, -0.1) is 0 Å². The molecule has 0 aliphatic heterocycles. The smallest absolute Gasteiger partial charge is 0.323 e. The fourth-order valence-corrected chi connectivity index (χ4v) is 2.22. The Morgan fingerprint density at radius 2 is 2.14 bits per heavy atom. The van der Waals surface area contributed by atoms with Crippen molar-refractivity contribution >= 4 is 11.9 Å². The maximum Gasteiger partial charge on any atom is 0.323 e. The van der Waals surface area contributed by atoms with Gasteiger partial charge in [0, 0.05) is 25.8 Å². The molecule has 0 bridgehead atoms. The van der Waals surface area contributed by atoms with Gasteiger partial charge in [-0.1, -0.05) is 0 Å². The number of aryl methyl sites for hydroxylation is 2. The number of aliphatic carboxylic acids is 1. The van der Waals surface area contributed by atoms with Crippen LogP contribution in [-0.2, 0) is 14.3 Å². The summed E-state index contributed by atoms with van der Waals surface area (Å²) in [7, 11) is 1.52. The van der Waals surface area contributed by atoms with E-state index in [1.807, 2.05) is 26.8 Å². The Balaban J connectivity index is 2.71. The lowest BCUT2D eigenvalue weighted by Crippen LogP contribution is -2.38. The number of hydrogen-bond donors (Lipinski definition) is 1. The van der Waals surface area contributed by atoms with Crippen molar-refractivity contribution in [2.75, 3.05) is 26.8 Å². The van der Waals surface area contributed by atoms with Gasteiger partial charge < -0.3 is 14.7 Å². The molecule has 7 heteroatoms. The summed E-state index contributed by atoms with van der Waals surface area (Å²) in [5.41, 5.74) is 1.88. The molecule has 1 N–H and O–H groups in total. The number of hydrogen-bond acceptors (Lipinski definition) is 4. The first kappa shape index (κ1) is 17.2. The Labute approximate surface area is 124 Å². The van der Waals surface area contributed by atoms with Gasteiger partial charge in [0.25, 0.3) is 0 Å². The predicted octanol–water partition coefficient (Wildman–Crippen LogP) is 1.01. The molecule has 1 heterocycles. The highest BCUT2D eigenvalue weighted by Gasteiger charge is 2.20. The van der Waals surface area contributed by atoms with Crippen molar-refractivity contribution in [3.8, 4) is 0 Å². The Hall–Kier alpha value is -1.89. The average Bonchev–Trinajstić information content (AvgIpc) is 2.73. The molecule has 1 amide bonds. The summed E-state index contributed by atoms with van der Waals surface area (Å²) < 4.78 is 6.71. The lowest BCUT2D eigenvalue weighted by atomic mass is 10.2. The monoisotopic (exact) mass is 297 g/mol. The third-order valence-corrected chi connectivity index (χ3v) is 3.18. The van der Waals surface area contributed by atoms with Crippen molar-refractivity contribution in [3.05, 3.63) is 17.5 Å². The average molecular weight is 297 g/mol. The zero-order chi connectivity index (χ0) is 16.0. The summed E-state index contributed by atoms with van der Waals surface area (Å²) in [6.07, 6.45) is 0.207. The van der Waals surface area contributed by atoms with E-state index in [0.717, 1.165) is 11.4 Å². The van der Waals surface area contributed by atoms with Crippen LogP contribution in [0.15, 0.2) is 6.07 Å². The first-order valence-electron chi connectivity index (χ1n) is 6.86. The van der Waals surface area contributed by atoms with E-state index in [1.165, 1.54) is 12.0 Å². The van der Waals surface area contributed by atoms with Crippen LogP contribution in [0.3, 0.4) is 0 Å². The van der Waals surface area contributed by atoms with Crippen LogP contribution in [0.2, 0.25) is 0 Å². The molecule has 0 saturated heterocycles. The third kappa shape index (κ3) is 5.18. The number of ether oxygens (including phenoxy) is 1. The van der Waals surface area contributed by atoms with Crippen LogP contribution < -0.4 is 0 Å². The maximum atomic E-state index is 12.3. The van der Waals surface area contributed by atoms with E-state index in [9.17, 15) is 9.59 Å². The summed E-state index contributed by atoms with van der Waals surface area (Å²) in [5.74, 6) is -1.24. The van der Waals surface area contributed by atoms with E-state index in [4.69, 9.17) is 9.84 Å². The molecule has 1 atom stereocenters. The van der Waals surface area contributed by atoms with E-state index >= 15 is 0 Å². The van der Waals surface area contributed by atoms with Gasteiger partial charge >= 0.3 is 5.97 Å². The number of carbonyl (C=O) groups excluding carboxylic acids is 1. The molecule has 0 aliphatic rings. The first-order chi connectivity index (χ1) is 9.85. The summed E-state index contributed by atoms with van der Waals surface area (Å²) in [6.45, 7) is 5.99.